The summed E-state index contributed by atoms with van der Waals surface area (Å²) in [5.41, 5.74) is 0.817. The molecule has 158 valence electrons. The van der Waals surface area contributed by atoms with Crippen molar-refractivity contribution in [1.29, 1.82) is 0 Å². The monoisotopic (exact) mass is 430 g/mol. The quantitative estimate of drug-likeness (QED) is 0.482. The Balaban J connectivity index is 1.67. The predicted molar refractivity (Wildman–Crippen MR) is 111 cm³/mol. The lowest BCUT2D eigenvalue weighted by Gasteiger charge is -2.19. The maximum Gasteiger partial charge on any atom is 0.241 e. The van der Waals surface area contributed by atoms with E-state index in [0.717, 1.165) is 17.7 Å². The van der Waals surface area contributed by atoms with E-state index in [1.54, 1.807) is 12.5 Å². The summed E-state index contributed by atoms with van der Waals surface area (Å²) in [7, 11) is -4.00. The molecule has 30 heavy (non-hydrogen) atoms. The standard InChI is InChI=1S/C21H23FN4O3S/c22-18-7-9-19(10-8-18)30(28,29)25-20(15-17-5-2-1-3-6-17)21(27)24-11-4-13-26-14-12-23-16-26/h1-3,5-10,12,14,16,20,25H,4,11,13,15H2,(H,24,27)/t20-/m0/s1. The number of hydrogen-bond acceptors (Lipinski definition) is 4. The zero-order valence-electron chi connectivity index (χ0n) is 16.2. The maximum absolute atomic E-state index is 13.1. The lowest BCUT2D eigenvalue weighted by Crippen LogP contribution is -2.48. The summed E-state index contributed by atoms with van der Waals surface area (Å²) in [5, 5.41) is 2.79. The Hall–Kier alpha value is -3.04. The van der Waals surface area contributed by atoms with Gasteiger partial charge in [-0.15, -0.1) is 0 Å². The first kappa shape index (κ1) is 21.7. The summed E-state index contributed by atoms with van der Waals surface area (Å²) in [6.45, 7) is 1.07. The largest absolute Gasteiger partial charge is 0.355 e. The van der Waals surface area contributed by atoms with E-state index in [9.17, 15) is 17.6 Å². The van der Waals surface area contributed by atoms with E-state index in [-0.39, 0.29) is 11.3 Å². The number of carbonyl (C=O) groups is 1. The number of imidazole rings is 1. The van der Waals surface area contributed by atoms with Gasteiger partial charge >= 0.3 is 0 Å². The fraction of sp³-hybridized carbons (Fsp3) is 0.238. The molecule has 0 saturated heterocycles. The van der Waals surface area contributed by atoms with Crippen LogP contribution in [0, 0.1) is 5.82 Å². The van der Waals surface area contributed by atoms with Crippen molar-refractivity contribution in [2.75, 3.05) is 6.54 Å². The molecule has 3 aromatic rings. The molecule has 0 aliphatic heterocycles. The van der Waals surface area contributed by atoms with E-state index in [2.05, 4.69) is 15.0 Å². The van der Waals surface area contributed by atoms with Crippen molar-refractivity contribution < 1.29 is 17.6 Å². The van der Waals surface area contributed by atoms with Crippen molar-refractivity contribution in [1.82, 2.24) is 19.6 Å². The molecule has 9 heteroatoms. The van der Waals surface area contributed by atoms with E-state index < -0.39 is 27.8 Å². The van der Waals surface area contributed by atoms with Crippen LogP contribution in [-0.4, -0.2) is 36.5 Å². The Morgan fingerprint density at radius 2 is 1.83 bits per heavy atom. The molecule has 1 amide bonds. The van der Waals surface area contributed by atoms with Crippen LogP contribution in [0.1, 0.15) is 12.0 Å². The lowest BCUT2D eigenvalue weighted by molar-refractivity contribution is -0.122. The van der Waals surface area contributed by atoms with Gasteiger partial charge in [0.15, 0.2) is 0 Å². The van der Waals surface area contributed by atoms with Crippen LogP contribution in [0.15, 0.2) is 78.2 Å². The number of hydrogen-bond donors (Lipinski definition) is 2. The van der Waals surface area contributed by atoms with Gasteiger partial charge in [-0.1, -0.05) is 30.3 Å². The van der Waals surface area contributed by atoms with Crippen LogP contribution in [0.3, 0.4) is 0 Å². The molecule has 1 heterocycles. The van der Waals surface area contributed by atoms with Crippen molar-refractivity contribution in [2.24, 2.45) is 0 Å². The average molecular weight is 431 g/mol. The van der Waals surface area contributed by atoms with Crippen LogP contribution in [0.2, 0.25) is 0 Å². The summed E-state index contributed by atoms with van der Waals surface area (Å²) in [6, 6.07) is 12.6. The molecule has 0 saturated carbocycles. The van der Waals surface area contributed by atoms with Gasteiger partial charge < -0.3 is 9.88 Å². The van der Waals surface area contributed by atoms with Crippen molar-refractivity contribution in [2.45, 2.75) is 30.3 Å². The number of amides is 1. The summed E-state index contributed by atoms with van der Waals surface area (Å²) in [5.74, 6) is -0.958. The highest BCUT2D eigenvalue weighted by atomic mass is 32.2. The van der Waals surface area contributed by atoms with Gasteiger partial charge in [-0.2, -0.15) is 4.72 Å². The highest BCUT2D eigenvalue weighted by Crippen LogP contribution is 2.12. The van der Waals surface area contributed by atoms with Crippen molar-refractivity contribution in [3.63, 3.8) is 0 Å². The second kappa shape index (κ2) is 10.1. The number of carbonyl (C=O) groups excluding carboxylic acids is 1. The van der Waals surface area contributed by atoms with E-state index in [1.807, 2.05) is 41.1 Å². The number of sulfonamides is 1. The number of aryl methyl sites for hydroxylation is 1. The first-order chi connectivity index (χ1) is 14.4. The van der Waals surface area contributed by atoms with E-state index in [4.69, 9.17) is 0 Å². The normalized spacial score (nSPS) is 12.4. The molecule has 0 bridgehead atoms. The molecule has 1 atom stereocenters. The third kappa shape index (κ3) is 6.23. The molecule has 0 aliphatic carbocycles. The van der Waals surface area contributed by atoms with Crippen molar-refractivity contribution in [3.8, 4) is 0 Å². The number of benzene rings is 2. The number of rotatable bonds is 10. The first-order valence-corrected chi connectivity index (χ1v) is 11.0. The zero-order valence-corrected chi connectivity index (χ0v) is 17.1. The van der Waals surface area contributed by atoms with Gasteiger partial charge in [0.25, 0.3) is 0 Å². The molecule has 0 radical (unpaired) electrons. The highest BCUT2D eigenvalue weighted by Gasteiger charge is 2.26. The molecule has 1 aromatic heterocycles. The van der Waals surface area contributed by atoms with Gasteiger partial charge in [0.1, 0.15) is 11.9 Å². The lowest BCUT2D eigenvalue weighted by atomic mass is 10.1. The van der Waals surface area contributed by atoms with Crippen LogP contribution in [0.25, 0.3) is 0 Å². The fourth-order valence-electron chi connectivity index (χ4n) is 2.92. The second-order valence-corrected chi connectivity index (χ2v) is 8.48. The third-order valence-electron chi connectivity index (χ3n) is 4.47. The van der Waals surface area contributed by atoms with Crippen LogP contribution in [0.5, 0.6) is 0 Å². The molecule has 0 unspecified atom stereocenters. The Kier molecular flexibility index (Phi) is 7.31. The molecule has 7 nitrogen and oxygen atoms in total. The van der Waals surface area contributed by atoms with Crippen molar-refractivity contribution in [3.05, 3.63) is 84.7 Å². The minimum atomic E-state index is -4.00. The van der Waals surface area contributed by atoms with Crippen LogP contribution in [-0.2, 0) is 27.8 Å². The molecule has 0 spiro atoms. The molecule has 0 aliphatic rings. The molecule has 2 aromatic carbocycles. The summed E-state index contributed by atoms with van der Waals surface area (Å²) in [6.07, 6.45) is 6.06. The van der Waals surface area contributed by atoms with Gasteiger partial charge in [-0.25, -0.2) is 17.8 Å². The maximum atomic E-state index is 13.1. The SMILES string of the molecule is O=C(NCCCn1ccnc1)[C@H](Cc1ccccc1)NS(=O)(=O)c1ccc(F)cc1. The Morgan fingerprint density at radius 3 is 2.50 bits per heavy atom. The Labute approximate surface area is 175 Å². The Morgan fingerprint density at radius 1 is 1.10 bits per heavy atom. The van der Waals surface area contributed by atoms with E-state index >= 15 is 0 Å². The molecular formula is C21H23FN4O3S. The number of nitrogens with zero attached hydrogens (tertiary/aromatic N) is 2. The molecular weight excluding hydrogens is 407 g/mol. The van der Waals surface area contributed by atoms with Gasteiger partial charge in [-0.05, 0) is 42.7 Å². The van der Waals surface area contributed by atoms with E-state index in [1.165, 1.54) is 12.1 Å². The summed E-state index contributed by atoms with van der Waals surface area (Å²) in [4.78, 5) is 16.6. The smallest absolute Gasteiger partial charge is 0.241 e. The Bertz CT molecular complexity index is 1040. The van der Waals surface area contributed by atoms with Gasteiger partial charge in [0.05, 0.1) is 11.2 Å². The van der Waals surface area contributed by atoms with Gasteiger partial charge in [0, 0.05) is 25.5 Å². The number of aromatic nitrogens is 2. The molecule has 3 rings (SSSR count). The minimum absolute atomic E-state index is 0.102. The number of nitrogens with one attached hydrogen (secondary N) is 2. The van der Waals surface area contributed by atoms with E-state index in [0.29, 0.717) is 19.5 Å². The average Bonchev–Trinajstić information content (AvgIpc) is 3.25. The number of halogens is 1. The molecule has 2 N–H and O–H groups in total. The van der Waals surface area contributed by atoms with Crippen LogP contribution < -0.4 is 10.0 Å². The van der Waals surface area contributed by atoms with Gasteiger partial charge in [-0.3, -0.25) is 4.79 Å². The predicted octanol–water partition coefficient (Wildman–Crippen LogP) is 2.12. The van der Waals surface area contributed by atoms with Gasteiger partial charge in [0.2, 0.25) is 15.9 Å². The van der Waals surface area contributed by atoms with Crippen molar-refractivity contribution >= 4 is 15.9 Å². The highest BCUT2D eigenvalue weighted by molar-refractivity contribution is 7.89. The third-order valence-corrected chi connectivity index (χ3v) is 5.96. The topological polar surface area (TPSA) is 93.1 Å². The summed E-state index contributed by atoms with van der Waals surface area (Å²) >= 11 is 0. The minimum Gasteiger partial charge on any atom is -0.355 e. The second-order valence-electron chi connectivity index (χ2n) is 6.76. The van der Waals surface area contributed by atoms with Crippen LogP contribution >= 0.6 is 0 Å². The fourth-order valence-corrected chi connectivity index (χ4v) is 4.12. The van der Waals surface area contributed by atoms with Crippen LogP contribution in [0.4, 0.5) is 4.39 Å². The first-order valence-electron chi connectivity index (χ1n) is 9.49. The zero-order chi connectivity index (χ0) is 21.4. The summed E-state index contributed by atoms with van der Waals surface area (Å²) < 4.78 is 42.9. The molecule has 0 fully saturated rings.